The summed E-state index contributed by atoms with van der Waals surface area (Å²) in [6.45, 7) is 14.1. The summed E-state index contributed by atoms with van der Waals surface area (Å²) in [4.78, 5) is 14.6. The summed E-state index contributed by atoms with van der Waals surface area (Å²) in [5, 5.41) is 0. The summed E-state index contributed by atoms with van der Waals surface area (Å²) >= 11 is 0. The van der Waals surface area contributed by atoms with Crippen LogP contribution in [0.3, 0.4) is 0 Å². The van der Waals surface area contributed by atoms with E-state index in [9.17, 15) is 4.79 Å². The Kier molecular flexibility index (Phi) is 5.20. The van der Waals surface area contributed by atoms with Gasteiger partial charge in [0.05, 0.1) is 18.2 Å². The number of amides is 1. The van der Waals surface area contributed by atoms with Crippen LogP contribution in [-0.4, -0.2) is 35.6 Å². The van der Waals surface area contributed by atoms with E-state index in [0.29, 0.717) is 19.6 Å². The van der Waals surface area contributed by atoms with Gasteiger partial charge in [0.25, 0.3) is 0 Å². The maximum atomic E-state index is 12.6. The number of nitrogens with zero attached hydrogens (tertiary/aromatic N) is 1. The second-order valence-electron chi connectivity index (χ2n) is 8.39. The van der Waals surface area contributed by atoms with Crippen LogP contribution in [0.25, 0.3) is 0 Å². The van der Waals surface area contributed by atoms with Crippen molar-refractivity contribution in [2.24, 2.45) is 0 Å². The first-order chi connectivity index (χ1) is 10.6. The molecule has 2 rings (SSSR count). The van der Waals surface area contributed by atoms with Crippen LogP contribution < -0.4 is 0 Å². The molecule has 0 bridgehead atoms. The molecule has 1 atom stereocenters. The first-order valence-electron chi connectivity index (χ1n) is 8.61. The first-order valence-corrected chi connectivity index (χ1v) is 8.61. The summed E-state index contributed by atoms with van der Waals surface area (Å²) in [5.74, 6) is 0.227. The highest BCUT2D eigenvalue weighted by Gasteiger charge is 2.36. The average Bonchev–Trinajstić information content (AvgIpc) is 2.47. The fraction of sp³-hybridized carbons (Fsp3) is 0.650. The molecule has 128 valence electrons. The first kappa shape index (κ1) is 18.0. The maximum Gasteiger partial charge on any atom is 0.223 e. The molecule has 1 aromatic carbocycles. The number of carbonyl (C=O) groups is 1. The topological polar surface area (TPSA) is 29.5 Å². The van der Waals surface area contributed by atoms with Crippen molar-refractivity contribution in [1.29, 1.82) is 0 Å². The molecule has 3 heteroatoms. The van der Waals surface area contributed by atoms with Gasteiger partial charge in [0.2, 0.25) is 5.91 Å². The lowest BCUT2D eigenvalue weighted by Crippen LogP contribution is -2.57. The normalized spacial score (nSPS) is 21.3. The molecule has 0 spiro atoms. The minimum absolute atomic E-state index is 0.123. The highest BCUT2D eigenvalue weighted by molar-refractivity contribution is 5.77. The fourth-order valence-corrected chi connectivity index (χ4v) is 2.98. The number of ether oxygens (including phenoxy) is 1. The third-order valence-corrected chi connectivity index (χ3v) is 4.64. The maximum absolute atomic E-state index is 12.6. The van der Waals surface area contributed by atoms with E-state index in [1.807, 2.05) is 11.8 Å². The fourth-order valence-electron chi connectivity index (χ4n) is 2.98. The van der Waals surface area contributed by atoms with Crippen molar-refractivity contribution in [2.45, 2.75) is 71.4 Å². The van der Waals surface area contributed by atoms with Crippen molar-refractivity contribution in [2.75, 3.05) is 13.2 Å². The molecular weight excluding hydrogens is 286 g/mol. The van der Waals surface area contributed by atoms with Gasteiger partial charge in [0, 0.05) is 13.0 Å². The third-order valence-electron chi connectivity index (χ3n) is 4.64. The zero-order chi connectivity index (χ0) is 17.3. The van der Waals surface area contributed by atoms with Gasteiger partial charge in [0.15, 0.2) is 0 Å². The van der Waals surface area contributed by atoms with Crippen LogP contribution in [0.4, 0.5) is 0 Å². The second-order valence-corrected chi connectivity index (χ2v) is 8.39. The quantitative estimate of drug-likeness (QED) is 0.845. The molecule has 1 heterocycles. The molecule has 23 heavy (non-hydrogen) atoms. The zero-order valence-corrected chi connectivity index (χ0v) is 15.5. The molecule has 0 aliphatic carbocycles. The molecular formula is C20H31NO2. The predicted octanol–water partition coefficient (Wildman–Crippen LogP) is 3.94. The van der Waals surface area contributed by atoms with Crippen LogP contribution in [0.5, 0.6) is 0 Å². The van der Waals surface area contributed by atoms with E-state index in [-0.39, 0.29) is 23.0 Å². The van der Waals surface area contributed by atoms with E-state index in [1.165, 1.54) is 11.1 Å². The van der Waals surface area contributed by atoms with Crippen molar-refractivity contribution in [1.82, 2.24) is 4.90 Å². The van der Waals surface area contributed by atoms with Crippen LogP contribution in [0.1, 0.15) is 59.1 Å². The Labute approximate surface area is 141 Å². The van der Waals surface area contributed by atoms with Crippen molar-refractivity contribution in [3.05, 3.63) is 35.4 Å². The molecule has 0 N–H and O–H groups in total. The van der Waals surface area contributed by atoms with Crippen molar-refractivity contribution in [3.8, 4) is 0 Å². The lowest BCUT2D eigenvalue weighted by atomic mass is 9.86. The number of benzene rings is 1. The average molecular weight is 317 g/mol. The number of carbonyl (C=O) groups excluding carboxylic acids is 1. The number of morpholine rings is 1. The van der Waals surface area contributed by atoms with Crippen LogP contribution in [-0.2, 0) is 21.4 Å². The molecule has 1 aliphatic heterocycles. The highest BCUT2D eigenvalue weighted by atomic mass is 16.5. The van der Waals surface area contributed by atoms with E-state index >= 15 is 0 Å². The Hall–Kier alpha value is -1.35. The molecule has 1 amide bonds. The molecule has 0 aromatic heterocycles. The Bertz CT molecular complexity index is 540. The van der Waals surface area contributed by atoms with E-state index in [1.54, 1.807) is 0 Å². The van der Waals surface area contributed by atoms with Gasteiger partial charge in [-0.25, -0.2) is 0 Å². The van der Waals surface area contributed by atoms with Gasteiger partial charge in [-0.05, 0) is 43.7 Å². The monoisotopic (exact) mass is 317 g/mol. The Morgan fingerprint density at radius 2 is 1.87 bits per heavy atom. The van der Waals surface area contributed by atoms with Crippen LogP contribution in [0, 0.1) is 0 Å². The SMILES string of the molecule is CC1CN(C(=O)CCc2ccc(C(C)(C)C)cc2)C(C)(C)CO1. The molecule has 1 fully saturated rings. The minimum atomic E-state index is -0.209. The summed E-state index contributed by atoms with van der Waals surface area (Å²) in [5.41, 5.74) is 2.52. The van der Waals surface area contributed by atoms with E-state index in [2.05, 4.69) is 58.9 Å². The molecule has 3 nitrogen and oxygen atoms in total. The summed E-state index contributed by atoms with van der Waals surface area (Å²) in [6, 6.07) is 8.67. The van der Waals surface area contributed by atoms with Gasteiger partial charge in [-0.2, -0.15) is 0 Å². The molecule has 1 aliphatic rings. The van der Waals surface area contributed by atoms with Crippen molar-refractivity contribution >= 4 is 5.91 Å². The Morgan fingerprint density at radius 1 is 1.26 bits per heavy atom. The third kappa shape index (κ3) is 4.57. The molecule has 1 unspecified atom stereocenters. The predicted molar refractivity (Wildman–Crippen MR) is 94.7 cm³/mol. The lowest BCUT2D eigenvalue weighted by molar-refractivity contribution is -0.152. The van der Waals surface area contributed by atoms with Crippen LogP contribution in [0.2, 0.25) is 0 Å². The smallest absolute Gasteiger partial charge is 0.223 e. The lowest BCUT2D eigenvalue weighted by Gasteiger charge is -2.44. The molecule has 1 saturated heterocycles. The van der Waals surface area contributed by atoms with E-state index in [4.69, 9.17) is 4.74 Å². The van der Waals surface area contributed by atoms with Gasteiger partial charge < -0.3 is 9.64 Å². The van der Waals surface area contributed by atoms with Crippen molar-refractivity contribution < 1.29 is 9.53 Å². The Morgan fingerprint density at radius 3 is 2.43 bits per heavy atom. The van der Waals surface area contributed by atoms with Gasteiger partial charge in [-0.15, -0.1) is 0 Å². The standard InChI is InChI=1S/C20H31NO2/c1-15-13-21(20(5,6)14-23-15)18(22)12-9-16-7-10-17(11-8-16)19(2,3)4/h7-8,10-11,15H,9,12-14H2,1-6H3. The summed E-state index contributed by atoms with van der Waals surface area (Å²) in [7, 11) is 0. The Balaban J connectivity index is 1.96. The van der Waals surface area contributed by atoms with E-state index in [0.717, 1.165) is 6.42 Å². The molecule has 0 saturated carbocycles. The largest absolute Gasteiger partial charge is 0.374 e. The molecule has 1 aromatic rings. The van der Waals surface area contributed by atoms with Crippen LogP contribution >= 0.6 is 0 Å². The van der Waals surface area contributed by atoms with Gasteiger partial charge >= 0.3 is 0 Å². The van der Waals surface area contributed by atoms with E-state index < -0.39 is 0 Å². The minimum Gasteiger partial charge on any atom is -0.374 e. The van der Waals surface area contributed by atoms with Crippen molar-refractivity contribution in [3.63, 3.8) is 0 Å². The van der Waals surface area contributed by atoms with Gasteiger partial charge in [-0.3, -0.25) is 4.79 Å². The van der Waals surface area contributed by atoms with Crippen LogP contribution in [0.15, 0.2) is 24.3 Å². The highest BCUT2D eigenvalue weighted by Crippen LogP contribution is 2.24. The van der Waals surface area contributed by atoms with Gasteiger partial charge in [0.1, 0.15) is 0 Å². The number of hydrogen-bond donors (Lipinski definition) is 0. The summed E-state index contributed by atoms with van der Waals surface area (Å²) in [6.07, 6.45) is 1.48. The number of aryl methyl sites for hydroxylation is 1. The van der Waals surface area contributed by atoms with Gasteiger partial charge in [-0.1, -0.05) is 45.0 Å². The zero-order valence-electron chi connectivity index (χ0n) is 15.5. The number of hydrogen-bond acceptors (Lipinski definition) is 2. The summed E-state index contributed by atoms with van der Waals surface area (Å²) < 4.78 is 5.69. The molecule has 0 radical (unpaired) electrons. The second kappa shape index (κ2) is 6.64. The number of rotatable bonds is 3.